The molecule has 28 heavy (non-hydrogen) atoms. The second-order valence-corrected chi connectivity index (χ2v) is 8.50. The van der Waals surface area contributed by atoms with E-state index in [2.05, 4.69) is 4.98 Å². The van der Waals surface area contributed by atoms with Crippen LogP contribution in [0.3, 0.4) is 0 Å². The SMILES string of the molecule is COc1ccc([C@H]2C3=C(Sc4[nH]c(=O)sc42)C(=O)c2ccccc2C3=O)cc1. The lowest BCUT2D eigenvalue weighted by Gasteiger charge is -2.30. The third kappa shape index (κ3) is 2.43. The normalized spacial score (nSPS) is 17.8. The fraction of sp³-hybridized carbons (Fsp3) is 0.0952. The zero-order chi connectivity index (χ0) is 19.4. The van der Waals surface area contributed by atoms with E-state index in [1.165, 1.54) is 11.8 Å². The largest absolute Gasteiger partial charge is 0.497 e. The maximum atomic E-state index is 13.4. The zero-order valence-corrected chi connectivity index (χ0v) is 16.3. The van der Waals surface area contributed by atoms with E-state index in [-0.39, 0.29) is 16.4 Å². The van der Waals surface area contributed by atoms with E-state index in [1.807, 2.05) is 24.3 Å². The summed E-state index contributed by atoms with van der Waals surface area (Å²) >= 11 is 2.27. The Kier molecular flexibility index (Phi) is 3.89. The van der Waals surface area contributed by atoms with Crippen molar-refractivity contribution in [2.24, 2.45) is 0 Å². The predicted molar refractivity (Wildman–Crippen MR) is 108 cm³/mol. The molecular formula is C21H13NO4S2. The molecule has 0 radical (unpaired) electrons. The van der Waals surface area contributed by atoms with E-state index in [0.717, 1.165) is 21.8 Å². The Hall–Kier alpha value is -2.90. The quantitative estimate of drug-likeness (QED) is 0.694. The molecule has 2 aromatic carbocycles. The molecule has 2 aliphatic rings. The monoisotopic (exact) mass is 407 g/mol. The number of aromatic nitrogens is 1. The second kappa shape index (κ2) is 6.32. The van der Waals surface area contributed by atoms with Crippen LogP contribution < -0.4 is 9.61 Å². The molecular weight excluding hydrogens is 394 g/mol. The number of rotatable bonds is 2. The van der Waals surface area contributed by atoms with Crippen LogP contribution in [0.25, 0.3) is 0 Å². The molecule has 1 aromatic heterocycles. The Morgan fingerprint density at radius 3 is 2.29 bits per heavy atom. The summed E-state index contributed by atoms with van der Waals surface area (Å²) in [6, 6.07) is 14.2. The Morgan fingerprint density at radius 1 is 0.929 bits per heavy atom. The van der Waals surface area contributed by atoms with E-state index >= 15 is 0 Å². The van der Waals surface area contributed by atoms with Crippen molar-refractivity contribution in [1.82, 2.24) is 4.98 Å². The van der Waals surface area contributed by atoms with Crippen LogP contribution in [0.4, 0.5) is 0 Å². The number of thioether (sulfide) groups is 1. The van der Waals surface area contributed by atoms with Gasteiger partial charge in [0.15, 0.2) is 5.78 Å². The third-order valence-electron chi connectivity index (χ3n) is 4.96. The third-order valence-corrected chi connectivity index (χ3v) is 7.17. The van der Waals surface area contributed by atoms with Gasteiger partial charge in [-0.05, 0) is 17.7 Å². The fourth-order valence-corrected chi connectivity index (χ4v) is 5.95. The molecule has 3 aromatic rings. The average Bonchev–Trinajstić information content (AvgIpc) is 3.10. The molecule has 0 unspecified atom stereocenters. The number of nitrogens with one attached hydrogen (secondary N) is 1. The van der Waals surface area contributed by atoms with E-state index in [1.54, 1.807) is 31.4 Å². The van der Waals surface area contributed by atoms with Crippen molar-refractivity contribution in [3.8, 4) is 5.75 Å². The summed E-state index contributed by atoms with van der Waals surface area (Å²) in [5, 5.41) is 0.634. The lowest BCUT2D eigenvalue weighted by atomic mass is 9.79. The number of Topliss-reactive ketones (excluding diaryl/α,β-unsaturated/α-hetero) is 2. The summed E-state index contributed by atoms with van der Waals surface area (Å²) in [7, 11) is 1.59. The molecule has 1 aliphatic heterocycles. The van der Waals surface area contributed by atoms with Crippen LogP contribution >= 0.6 is 23.1 Å². The number of hydrogen-bond acceptors (Lipinski definition) is 6. The first kappa shape index (κ1) is 17.2. The van der Waals surface area contributed by atoms with Crippen LogP contribution in [0.2, 0.25) is 0 Å². The molecule has 0 saturated carbocycles. The van der Waals surface area contributed by atoms with Crippen molar-refractivity contribution in [2.75, 3.05) is 7.11 Å². The van der Waals surface area contributed by atoms with E-state index in [0.29, 0.717) is 32.4 Å². The number of H-pyrrole nitrogens is 1. The molecule has 1 atom stereocenters. The molecule has 1 N–H and O–H groups in total. The summed E-state index contributed by atoms with van der Waals surface area (Å²) in [5.41, 5.74) is 2.11. The molecule has 0 spiro atoms. The van der Waals surface area contributed by atoms with Gasteiger partial charge in [0.2, 0.25) is 5.78 Å². The number of aromatic amines is 1. The number of ketones is 2. The highest BCUT2D eigenvalue weighted by Gasteiger charge is 2.42. The van der Waals surface area contributed by atoms with Crippen molar-refractivity contribution in [1.29, 1.82) is 0 Å². The second-order valence-electron chi connectivity index (χ2n) is 6.46. The van der Waals surface area contributed by atoms with E-state index < -0.39 is 5.92 Å². The number of ether oxygens (including phenoxy) is 1. The summed E-state index contributed by atoms with van der Waals surface area (Å²) < 4.78 is 5.23. The lowest BCUT2D eigenvalue weighted by molar-refractivity contribution is 0.0977. The predicted octanol–water partition coefficient (Wildman–Crippen LogP) is 4.02. The molecule has 7 heteroatoms. The number of hydrogen-bond donors (Lipinski definition) is 1. The molecule has 138 valence electrons. The number of allylic oxidation sites excluding steroid dienone is 2. The highest BCUT2D eigenvalue weighted by Crippen LogP contribution is 2.51. The van der Waals surface area contributed by atoms with Gasteiger partial charge < -0.3 is 9.72 Å². The van der Waals surface area contributed by atoms with Gasteiger partial charge in [0.1, 0.15) is 5.75 Å². The Bertz CT molecular complexity index is 1230. The number of benzene rings is 2. The van der Waals surface area contributed by atoms with Gasteiger partial charge in [0, 0.05) is 16.7 Å². The van der Waals surface area contributed by atoms with Crippen LogP contribution in [0.1, 0.15) is 37.1 Å². The van der Waals surface area contributed by atoms with Gasteiger partial charge in [-0.3, -0.25) is 14.4 Å². The van der Waals surface area contributed by atoms with Gasteiger partial charge in [-0.15, -0.1) is 0 Å². The number of fused-ring (bicyclic) bond motifs is 2. The van der Waals surface area contributed by atoms with Crippen molar-refractivity contribution < 1.29 is 14.3 Å². The average molecular weight is 407 g/mol. The number of methoxy groups -OCH3 is 1. The van der Waals surface area contributed by atoms with Crippen LogP contribution in [0.5, 0.6) is 5.75 Å². The number of carbonyl (C=O) groups excluding carboxylic acids is 2. The van der Waals surface area contributed by atoms with Crippen molar-refractivity contribution >= 4 is 34.7 Å². The maximum absolute atomic E-state index is 13.4. The summed E-state index contributed by atoms with van der Waals surface area (Å²) in [4.78, 5) is 42.4. The first-order chi connectivity index (χ1) is 13.6. The van der Waals surface area contributed by atoms with Gasteiger partial charge in [-0.1, -0.05) is 59.5 Å². The smallest absolute Gasteiger partial charge is 0.305 e. The lowest BCUT2D eigenvalue weighted by Crippen LogP contribution is -2.27. The highest BCUT2D eigenvalue weighted by atomic mass is 32.2. The first-order valence-electron chi connectivity index (χ1n) is 8.56. The number of thiazole rings is 1. The molecule has 0 fully saturated rings. The Balaban J connectivity index is 1.76. The summed E-state index contributed by atoms with van der Waals surface area (Å²) in [5.74, 6) is -0.107. The van der Waals surface area contributed by atoms with Gasteiger partial charge >= 0.3 is 4.87 Å². The van der Waals surface area contributed by atoms with Crippen LogP contribution in [0.15, 0.2) is 68.8 Å². The summed E-state index contributed by atoms with van der Waals surface area (Å²) in [6.45, 7) is 0. The maximum Gasteiger partial charge on any atom is 0.305 e. The van der Waals surface area contributed by atoms with Crippen LogP contribution in [-0.2, 0) is 0 Å². The molecule has 2 heterocycles. The minimum atomic E-state index is -0.467. The van der Waals surface area contributed by atoms with Crippen molar-refractivity contribution in [3.05, 3.63) is 90.2 Å². The van der Waals surface area contributed by atoms with Crippen molar-refractivity contribution in [2.45, 2.75) is 10.9 Å². The molecule has 5 nitrogen and oxygen atoms in total. The Labute approximate surface area is 168 Å². The molecule has 5 rings (SSSR count). The molecule has 0 bridgehead atoms. The topological polar surface area (TPSA) is 76.2 Å². The van der Waals surface area contributed by atoms with Crippen LogP contribution in [0, 0.1) is 0 Å². The van der Waals surface area contributed by atoms with Gasteiger partial charge in [0.25, 0.3) is 0 Å². The highest BCUT2D eigenvalue weighted by molar-refractivity contribution is 8.04. The number of carbonyl (C=O) groups is 2. The van der Waals surface area contributed by atoms with Crippen molar-refractivity contribution in [3.63, 3.8) is 0 Å². The fourth-order valence-electron chi connectivity index (χ4n) is 3.67. The molecule has 1 aliphatic carbocycles. The van der Waals surface area contributed by atoms with Crippen LogP contribution in [-0.4, -0.2) is 23.7 Å². The zero-order valence-electron chi connectivity index (χ0n) is 14.6. The standard InChI is InChI=1S/C21H13NO4S2/c1-26-11-8-6-10(7-9-11)14-15-16(23)12-4-2-3-5-13(12)17(24)18(15)27-20-19(14)28-21(25)22-20/h2-9,14H,1H3,(H,22,25)/t14-/m0/s1. The van der Waals surface area contributed by atoms with E-state index in [9.17, 15) is 14.4 Å². The molecule has 0 amide bonds. The summed E-state index contributed by atoms with van der Waals surface area (Å²) in [6.07, 6.45) is 0. The minimum Gasteiger partial charge on any atom is -0.497 e. The van der Waals surface area contributed by atoms with Gasteiger partial charge in [0.05, 0.1) is 27.8 Å². The Morgan fingerprint density at radius 2 is 1.61 bits per heavy atom. The van der Waals surface area contributed by atoms with E-state index in [4.69, 9.17) is 4.74 Å². The van der Waals surface area contributed by atoms with Gasteiger partial charge in [-0.2, -0.15) is 0 Å². The van der Waals surface area contributed by atoms with Gasteiger partial charge in [-0.25, -0.2) is 0 Å². The first-order valence-corrected chi connectivity index (χ1v) is 10.2. The molecule has 0 saturated heterocycles. The minimum absolute atomic E-state index is 0.162.